The van der Waals surface area contributed by atoms with Crippen molar-refractivity contribution < 1.29 is 9.47 Å². The first-order valence-electron chi connectivity index (χ1n) is 4.56. The Morgan fingerprint density at radius 2 is 2.50 bits per heavy atom. The zero-order valence-corrected chi connectivity index (χ0v) is 8.41. The van der Waals surface area contributed by atoms with Crippen molar-refractivity contribution in [2.24, 2.45) is 0 Å². The summed E-state index contributed by atoms with van der Waals surface area (Å²) in [7, 11) is 0. The van der Waals surface area contributed by atoms with Gasteiger partial charge in [0.15, 0.2) is 0 Å². The van der Waals surface area contributed by atoms with E-state index in [0.717, 1.165) is 19.4 Å². The monoisotopic (exact) mass is 214 g/mol. The van der Waals surface area contributed by atoms with E-state index in [1.807, 2.05) is 0 Å². The zero-order chi connectivity index (χ0) is 9.80. The van der Waals surface area contributed by atoms with Gasteiger partial charge in [0.1, 0.15) is 18.1 Å². The largest absolute Gasteiger partial charge is 0.475 e. The molecule has 1 saturated heterocycles. The molecular weight excluding hydrogens is 204 g/mol. The lowest BCUT2D eigenvalue weighted by Gasteiger charge is -2.10. The topological polar surface area (TPSA) is 44.2 Å². The lowest BCUT2D eigenvalue weighted by Crippen LogP contribution is -2.16. The van der Waals surface area contributed by atoms with Crippen LogP contribution in [0.25, 0.3) is 0 Å². The molecule has 0 radical (unpaired) electrons. The standard InChI is InChI=1S/C9H11ClN2O2/c10-8-4-9(12-6-11-8)14-5-7-2-1-3-13-7/h4,6-7H,1-3,5H2/t7-/m0/s1. The summed E-state index contributed by atoms with van der Waals surface area (Å²) >= 11 is 5.68. The zero-order valence-electron chi connectivity index (χ0n) is 7.65. The number of ether oxygens (including phenoxy) is 2. The minimum absolute atomic E-state index is 0.198. The Morgan fingerprint density at radius 3 is 3.21 bits per heavy atom. The van der Waals surface area contributed by atoms with E-state index >= 15 is 0 Å². The fourth-order valence-electron chi connectivity index (χ4n) is 1.35. The van der Waals surface area contributed by atoms with Gasteiger partial charge < -0.3 is 9.47 Å². The summed E-state index contributed by atoms with van der Waals surface area (Å²) in [5.74, 6) is 0.500. The molecule has 76 valence electrons. The van der Waals surface area contributed by atoms with Crippen LogP contribution in [0.2, 0.25) is 5.15 Å². The maximum absolute atomic E-state index is 5.68. The van der Waals surface area contributed by atoms with Crippen molar-refractivity contribution in [3.63, 3.8) is 0 Å². The van der Waals surface area contributed by atoms with E-state index in [4.69, 9.17) is 21.1 Å². The fourth-order valence-corrected chi connectivity index (χ4v) is 1.49. The van der Waals surface area contributed by atoms with Crippen molar-refractivity contribution in [2.45, 2.75) is 18.9 Å². The molecule has 1 atom stereocenters. The normalized spacial score (nSPS) is 21.1. The van der Waals surface area contributed by atoms with E-state index in [2.05, 4.69) is 9.97 Å². The first-order valence-corrected chi connectivity index (χ1v) is 4.94. The van der Waals surface area contributed by atoms with Gasteiger partial charge in [0.25, 0.3) is 0 Å². The Hall–Kier alpha value is -0.870. The first-order chi connectivity index (χ1) is 6.84. The van der Waals surface area contributed by atoms with E-state index in [9.17, 15) is 0 Å². The van der Waals surface area contributed by atoms with Gasteiger partial charge in [-0.3, -0.25) is 0 Å². The molecule has 0 unspecified atom stereocenters. The van der Waals surface area contributed by atoms with Crippen molar-refractivity contribution >= 4 is 11.6 Å². The summed E-state index contributed by atoms with van der Waals surface area (Å²) in [6.45, 7) is 1.37. The second-order valence-corrected chi connectivity index (χ2v) is 3.51. The van der Waals surface area contributed by atoms with Crippen LogP contribution in [-0.4, -0.2) is 29.3 Å². The molecule has 14 heavy (non-hydrogen) atoms. The minimum Gasteiger partial charge on any atom is -0.475 e. The van der Waals surface area contributed by atoms with Crippen LogP contribution in [0.3, 0.4) is 0 Å². The number of rotatable bonds is 3. The molecule has 1 aromatic rings. The summed E-state index contributed by atoms with van der Waals surface area (Å²) in [6.07, 6.45) is 3.74. The van der Waals surface area contributed by atoms with Crippen LogP contribution in [0.5, 0.6) is 5.88 Å². The summed E-state index contributed by atoms with van der Waals surface area (Å²) in [6, 6.07) is 1.59. The third-order valence-corrected chi connectivity index (χ3v) is 2.26. The highest BCUT2D eigenvalue weighted by atomic mass is 35.5. The smallest absolute Gasteiger partial charge is 0.217 e. The van der Waals surface area contributed by atoms with Crippen molar-refractivity contribution in [2.75, 3.05) is 13.2 Å². The molecule has 0 aromatic carbocycles. The van der Waals surface area contributed by atoms with Crippen LogP contribution < -0.4 is 4.74 Å². The molecule has 2 rings (SSSR count). The molecule has 0 aliphatic carbocycles. The van der Waals surface area contributed by atoms with Gasteiger partial charge in [-0.1, -0.05) is 11.6 Å². The van der Waals surface area contributed by atoms with E-state index in [1.54, 1.807) is 6.07 Å². The summed E-state index contributed by atoms with van der Waals surface area (Å²) < 4.78 is 10.8. The van der Waals surface area contributed by atoms with Crippen molar-refractivity contribution in [3.05, 3.63) is 17.5 Å². The van der Waals surface area contributed by atoms with Crippen molar-refractivity contribution in [3.8, 4) is 5.88 Å². The molecule has 1 aliphatic rings. The molecule has 4 nitrogen and oxygen atoms in total. The predicted molar refractivity (Wildman–Crippen MR) is 51.5 cm³/mol. The number of nitrogens with zero attached hydrogens (tertiary/aromatic N) is 2. The summed E-state index contributed by atoms with van der Waals surface area (Å²) in [4.78, 5) is 7.69. The number of hydrogen-bond donors (Lipinski definition) is 0. The molecule has 0 spiro atoms. The molecule has 0 saturated carbocycles. The van der Waals surface area contributed by atoms with Crippen LogP contribution in [-0.2, 0) is 4.74 Å². The SMILES string of the molecule is Clc1cc(OC[C@@H]2CCCO2)ncn1. The van der Waals surface area contributed by atoms with Crippen molar-refractivity contribution in [1.29, 1.82) is 0 Å². The van der Waals surface area contributed by atoms with E-state index in [-0.39, 0.29) is 6.10 Å². The molecule has 1 aliphatic heterocycles. The van der Waals surface area contributed by atoms with E-state index in [0.29, 0.717) is 17.6 Å². The van der Waals surface area contributed by atoms with Gasteiger partial charge in [0.2, 0.25) is 5.88 Å². The van der Waals surface area contributed by atoms with Gasteiger partial charge in [-0.2, -0.15) is 0 Å². The van der Waals surface area contributed by atoms with E-state index in [1.165, 1.54) is 6.33 Å². The third kappa shape index (κ3) is 2.56. The highest BCUT2D eigenvalue weighted by molar-refractivity contribution is 6.29. The average Bonchev–Trinajstić information content (AvgIpc) is 2.67. The van der Waals surface area contributed by atoms with Crippen LogP contribution in [0.4, 0.5) is 0 Å². The lowest BCUT2D eigenvalue weighted by atomic mass is 10.2. The summed E-state index contributed by atoms with van der Waals surface area (Å²) in [5.41, 5.74) is 0. The maximum atomic E-state index is 5.68. The van der Waals surface area contributed by atoms with E-state index < -0.39 is 0 Å². The van der Waals surface area contributed by atoms with Gasteiger partial charge in [0.05, 0.1) is 6.10 Å². The van der Waals surface area contributed by atoms with Gasteiger partial charge in [0, 0.05) is 12.7 Å². The molecule has 0 N–H and O–H groups in total. The predicted octanol–water partition coefficient (Wildman–Crippen LogP) is 1.69. The fraction of sp³-hybridized carbons (Fsp3) is 0.556. The maximum Gasteiger partial charge on any atom is 0.217 e. The second-order valence-electron chi connectivity index (χ2n) is 3.13. The van der Waals surface area contributed by atoms with Crippen LogP contribution in [0.15, 0.2) is 12.4 Å². The molecular formula is C9H11ClN2O2. The number of aromatic nitrogens is 2. The second kappa shape index (κ2) is 4.57. The van der Waals surface area contributed by atoms with Crippen LogP contribution in [0, 0.1) is 0 Å². The quantitative estimate of drug-likeness (QED) is 0.719. The molecule has 5 heteroatoms. The average molecular weight is 215 g/mol. The highest BCUT2D eigenvalue weighted by Gasteiger charge is 2.16. The van der Waals surface area contributed by atoms with Gasteiger partial charge in [-0.25, -0.2) is 9.97 Å². The third-order valence-electron chi connectivity index (χ3n) is 2.05. The Kier molecular flexibility index (Phi) is 3.16. The Morgan fingerprint density at radius 1 is 1.57 bits per heavy atom. The highest BCUT2D eigenvalue weighted by Crippen LogP contribution is 2.15. The molecule has 1 aromatic heterocycles. The van der Waals surface area contributed by atoms with Gasteiger partial charge in [-0.05, 0) is 12.8 Å². The summed E-state index contributed by atoms with van der Waals surface area (Å²) in [5, 5.41) is 0.391. The Labute approximate surface area is 87.2 Å². The molecule has 2 heterocycles. The first kappa shape index (κ1) is 9.68. The van der Waals surface area contributed by atoms with Gasteiger partial charge >= 0.3 is 0 Å². The lowest BCUT2D eigenvalue weighted by molar-refractivity contribution is 0.0663. The van der Waals surface area contributed by atoms with Crippen LogP contribution in [0.1, 0.15) is 12.8 Å². The minimum atomic E-state index is 0.198. The molecule has 1 fully saturated rings. The Balaban J connectivity index is 1.85. The number of halogens is 1. The van der Waals surface area contributed by atoms with Crippen LogP contribution >= 0.6 is 11.6 Å². The Bertz CT molecular complexity index is 303. The van der Waals surface area contributed by atoms with Gasteiger partial charge in [-0.15, -0.1) is 0 Å². The molecule has 0 amide bonds. The number of hydrogen-bond acceptors (Lipinski definition) is 4. The molecule has 0 bridgehead atoms. The van der Waals surface area contributed by atoms with Crippen molar-refractivity contribution in [1.82, 2.24) is 9.97 Å².